The third kappa shape index (κ3) is 1.46. The number of nitrogen functional groups attached to an aromatic ring is 1. The zero-order valence-corrected chi connectivity index (χ0v) is 7.71. The number of hydrogen-bond donors (Lipinski definition) is 2. The van der Waals surface area contributed by atoms with Gasteiger partial charge < -0.3 is 10.7 Å². The topological polar surface area (TPSA) is 54.7 Å². The minimum atomic E-state index is -0.282. The van der Waals surface area contributed by atoms with Gasteiger partial charge in [-0.3, -0.25) is 0 Å². The van der Waals surface area contributed by atoms with Gasteiger partial charge in [0.05, 0.1) is 5.69 Å². The lowest BCUT2D eigenvalue weighted by molar-refractivity contribution is 0.628. The van der Waals surface area contributed by atoms with E-state index in [-0.39, 0.29) is 5.82 Å². The number of imidazole rings is 1. The predicted molar refractivity (Wildman–Crippen MR) is 53.1 cm³/mol. The Morgan fingerprint density at radius 2 is 2.21 bits per heavy atom. The highest BCUT2D eigenvalue weighted by molar-refractivity contribution is 5.58. The molecule has 1 aromatic heterocycles. The molecule has 0 saturated carbocycles. The molecule has 0 bridgehead atoms. The molecule has 3 nitrogen and oxygen atoms in total. The summed E-state index contributed by atoms with van der Waals surface area (Å²) in [7, 11) is 0. The number of aromatic amines is 1. The van der Waals surface area contributed by atoms with Crippen LogP contribution in [0, 0.1) is 12.7 Å². The second-order valence-corrected chi connectivity index (χ2v) is 3.11. The molecule has 2 aromatic rings. The number of nitrogens with one attached hydrogen (secondary N) is 1. The first-order chi connectivity index (χ1) is 6.66. The van der Waals surface area contributed by atoms with Crippen molar-refractivity contribution in [3.63, 3.8) is 0 Å². The SMILES string of the molecule is Cc1[nH]c(-c2cccc(F)c2)nc1N. The molecule has 0 aliphatic heterocycles. The van der Waals surface area contributed by atoms with Gasteiger partial charge in [0.25, 0.3) is 0 Å². The normalized spacial score (nSPS) is 10.4. The first kappa shape index (κ1) is 8.74. The zero-order valence-electron chi connectivity index (χ0n) is 7.71. The zero-order chi connectivity index (χ0) is 10.1. The number of nitrogens with zero attached hydrogens (tertiary/aromatic N) is 1. The van der Waals surface area contributed by atoms with Gasteiger partial charge in [0.2, 0.25) is 0 Å². The van der Waals surface area contributed by atoms with E-state index in [1.807, 2.05) is 6.92 Å². The lowest BCUT2D eigenvalue weighted by Crippen LogP contribution is -1.86. The highest BCUT2D eigenvalue weighted by Gasteiger charge is 2.05. The summed E-state index contributed by atoms with van der Waals surface area (Å²) in [6.07, 6.45) is 0. The molecule has 0 aliphatic carbocycles. The van der Waals surface area contributed by atoms with Gasteiger partial charge in [-0.1, -0.05) is 12.1 Å². The highest BCUT2D eigenvalue weighted by atomic mass is 19.1. The van der Waals surface area contributed by atoms with Crippen molar-refractivity contribution in [2.45, 2.75) is 6.92 Å². The molecule has 0 atom stereocenters. The van der Waals surface area contributed by atoms with Gasteiger partial charge in [-0.15, -0.1) is 0 Å². The molecule has 0 aliphatic rings. The van der Waals surface area contributed by atoms with Crippen molar-refractivity contribution in [2.75, 3.05) is 5.73 Å². The van der Waals surface area contributed by atoms with Gasteiger partial charge in [-0.05, 0) is 19.1 Å². The molecule has 3 N–H and O–H groups in total. The van der Waals surface area contributed by atoms with Crippen molar-refractivity contribution in [1.82, 2.24) is 9.97 Å². The summed E-state index contributed by atoms with van der Waals surface area (Å²) in [6.45, 7) is 1.82. The molecule has 14 heavy (non-hydrogen) atoms. The maximum atomic E-state index is 12.9. The minimum absolute atomic E-state index is 0.282. The largest absolute Gasteiger partial charge is 0.382 e. The summed E-state index contributed by atoms with van der Waals surface area (Å²) in [5.41, 5.74) is 7.07. The molecule has 1 heterocycles. The van der Waals surface area contributed by atoms with Crippen LogP contribution < -0.4 is 5.73 Å². The van der Waals surface area contributed by atoms with Crippen LogP contribution in [0.15, 0.2) is 24.3 Å². The van der Waals surface area contributed by atoms with Crippen LogP contribution in [0.3, 0.4) is 0 Å². The maximum absolute atomic E-state index is 12.9. The summed E-state index contributed by atoms with van der Waals surface area (Å²) in [5, 5.41) is 0. The Hall–Kier alpha value is -1.84. The highest BCUT2D eigenvalue weighted by Crippen LogP contribution is 2.19. The molecule has 4 heteroatoms. The van der Waals surface area contributed by atoms with E-state index in [1.54, 1.807) is 12.1 Å². The van der Waals surface area contributed by atoms with Gasteiger partial charge >= 0.3 is 0 Å². The van der Waals surface area contributed by atoms with Gasteiger partial charge in [-0.2, -0.15) is 0 Å². The van der Waals surface area contributed by atoms with E-state index < -0.39 is 0 Å². The van der Waals surface area contributed by atoms with E-state index in [4.69, 9.17) is 5.73 Å². The fraction of sp³-hybridized carbons (Fsp3) is 0.100. The Balaban J connectivity index is 2.49. The molecule has 0 amide bonds. The van der Waals surface area contributed by atoms with Gasteiger partial charge in [0.1, 0.15) is 17.5 Å². The van der Waals surface area contributed by atoms with Crippen LogP contribution in [0.4, 0.5) is 10.2 Å². The Kier molecular flexibility index (Phi) is 1.96. The summed E-state index contributed by atoms with van der Waals surface area (Å²) < 4.78 is 12.9. The molecule has 0 unspecified atom stereocenters. The van der Waals surface area contributed by atoms with Crippen LogP contribution in [0.5, 0.6) is 0 Å². The van der Waals surface area contributed by atoms with E-state index in [2.05, 4.69) is 9.97 Å². The molecular formula is C10H10FN3. The fourth-order valence-corrected chi connectivity index (χ4v) is 1.25. The lowest BCUT2D eigenvalue weighted by Gasteiger charge is -1.95. The van der Waals surface area contributed by atoms with Gasteiger partial charge in [0, 0.05) is 5.56 Å². The molecule has 2 rings (SSSR count). The van der Waals surface area contributed by atoms with Crippen LogP contribution in [-0.2, 0) is 0 Å². The van der Waals surface area contributed by atoms with Crippen LogP contribution in [0.2, 0.25) is 0 Å². The van der Waals surface area contributed by atoms with Crippen molar-refractivity contribution in [1.29, 1.82) is 0 Å². The summed E-state index contributed by atoms with van der Waals surface area (Å²) in [6, 6.07) is 6.22. The molecular weight excluding hydrogens is 181 g/mol. The standard InChI is InChI=1S/C10H10FN3/c1-6-9(12)14-10(13-6)7-3-2-4-8(11)5-7/h2-5H,12H2,1H3,(H,13,14). The van der Waals surface area contributed by atoms with E-state index in [0.29, 0.717) is 17.2 Å². The Labute approximate surface area is 80.8 Å². The lowest BCUT2D eigenvalue weighted by atomic mass is 10.2. The van der Waals surface area contributed by atoms with Crippen LogP contribution >= 0.6 is 0 Å². The first-order valence-electron chi connectivity index (χ1n) is 4.25. The second-order valence-electron chi connectivity index (χ2n) is 3.11. The van der Waals surface area contributed by atoms with Crippen molar-refractivity contribution in [2.24, 2.45) is 0 Å². The Bertz CT molecular complexity index is 443. The van der Waals surface area contributed by atoms with Crippen LogP contribution in [-0.4, -0.2) is 9.97 Å². The van der Waals surface area contributed by atoms with Crippen LogP contribution in [0.25, 0.3) is 11.4 Å². The number of H-pyrrole nitrogens is 1. The molecule has 0 saturated heterocycles. The van der Waals surface area contributed by atoms with E-state index in [1.165, 1.54) is 12.1 Å². The first-order valence-corrected chi connectivity index (χ1v) is 4.25. The number of nitrogens with two attached hydrogens (primary N) is 1. The maximum Gasteiger partial charge on any atom is 0.145 e. The van der Waals surface area contributed by atoms with Crippen molar-refractivity contribution in [3.8, 4) is 11.4 Å². The van der Waals surface area contributed by atoms with Crippen molar-refractivity contribution in [3.05, 3.63) is 35.8 Å². The monoisotopic (exact) mass is 191 g/mol. The number of halogens is 1. The van der Waals surface area contributed by atoms with Gasteiger partial charge in [-0.25, -0.2) is 9.37 Å². The quantitative estimate of drug-likeness (QED) is 0.725. The molecule has 0 fully saturated rings. The Morgan fingerprint density at radius 3 is 2.79 bits per heavy atom. The van der Waals surface area contributed by atoms with Crippen molar-refractivity contribution >= 4 is 5.82 Å². The number of benzene rings is 1. The molecule has 1 aromatic carbocycles. The molecule has 0 radical (unpaired) electrons. The molecule has 72 valence electrons. The average Bonchev–Trinajstić information content (AvgIpc) is 2.47. The van der Waals surface area contributed by atoms with Gasteiger partial charge in [0.15, 0.2) is 0 Å². The Morgan fingerprint density at radius 1 is 1.43 bits per heavy atom. The summed E-state index contributed by atoms with van der Waals surface area (Å²) >= 11 is 0. The third-order valence-corrected chi connectivity index (χ3v) is 2.02. The smallest absolute Gasteiger partial charge is 0.145 e. The summed E-state index contributed by atoms with van der Waals surface area (Å²) in [5.74, 6) is 0.763. The number of rotatable bonds is 1. The second kappa shape index (κ2) is 3.14. The number of anilines is 1. The minimum Gasteiger partial charge on any atom is -0.382 e. The molecule has 0 spiro atoms. The van der Waals surface area contributed by atoms with E-state index >= 15 is 0 Å². The fourth-order valence-electron chi connectivity index (χ4n) is 1.25. The third-order valence-electron chi connectivity index (χ3n) is 2.02. The number of hydrogen-bond acceptors (Lipinski definition) is 2. The summed E-state index contributed by atoms with van der Waals surface area (Å²) in [4.78, 5) is 7.06. The number of aromatic nitrogens is 2. The van der Waals surface area contributed by atoms with Crippen LogP contribution in [0.1, 0.15) is 5.69 Å². The average molecular weight is 191 g/mol. The van der Waals surface area contributed by atoms with E-state index in [9.17, 15) is 4.39 Å². The van der Waals surface area contributed by atoms with Crippen molar-refractivity contribution < 1.29 is 4.39 Å². The predicted octanol–water partition coefficient (Wildman–Crippen LogP) is 2.11. The number of aryl methyl sites for hydroxylation is 1. The van der Waals surface area contributed by atoms with E-state index in [0.717, 1.165) is 5.69 Å².